The number of hydrogen-bond donors (Lipinski definition) is 3. The fraction of sp³-hybridized carbons (Fsp3) is 0.235. The first-order chi connectivity index (χ1) is 21.4. The van der Waals surface area contributed by atoms with Crippen molar-refractivity contribution in [2.75, 3.05) is 19.8 Å². The molecule has 0 radical (unpaired) electrons. The molecule has 4 aromatic carbocycles. The van der Waals surface area contributed by atoms with Crippen molar-refractivity contribution < 1.29 is 23.8 Å². The van der Waals surface area contributed by atoms with E-state index in [1.807, 2.05) is 72.8 Å². The molecule has 228 valence electrons. The Morgan fingerprint density at radius 3 is 2.20 bits per heavy atom. The minimum atomic E-state index is -1.35. The Hall–Kier alpha value is -3.57. The second kappa shape index (κ2) is 14.9. The Kier molecular flexibility index (Phi) is 10.8. The molecule has 3 N–H and O–H groups in total. The SMILES string of the molecule is O=C(NNCCc1ccc(F)cc1)[C@@]1(Cc2ccc(Br)cc2)N=C(c2ccc(OCCCO)cc2)O[C@H]1c1ccc(Br)cc1. The van der Waals surface area contributed by atoms with Crippen LogP contribution >= 0.6 is 31.9 Å². The first-order valence-corrected chi connectivity index (χ1v) is 15.8. The number of amides is 1. The summed E-state index contributed by atoms with van der Waals surface area (Å²) in [4.78, 5) is 19.3. The third kappa shape index (κ3) is 7.92. The van der Waals surface area contributed by atoms with Gasteiger partial charge in [-0.2, -0.15) is 0 Å². The number of aliphatic hydroxyl groups is 1. The highest BCUT2D eigenvalue weighted by Crippen LogP contribution is 2.43. The normalized spacial score (nSPS) is 17.5. The number of halogens is 3. The van der Waals surface area contributed by atoms with E-state index in [2.05, 4.69) is 42.7 Å². The molecule has 44 heavy (non-hydrogen) atoms. The molecule has 0 spiro atoms. The highest BCUT2D eigenvalue weighted by Gasteiger charge is 2.53. The molecule has 1 heterocycles. The Labute approximate surface area is 272 Å². The van der Waals surface area contributed by atoms with E-state index < -0.39 is 11.6 Å². The van der Waals surface area contributed by atoms with Crippen LogP contribution in [0.5, 0.6) is 5.75 Å². The summed E-state index contributed by atoms with van der Waals surface area (Å²) in [5, 5.41) is 9.04. The number of ether oxygens (including phenoxy) is 2. The zero-order chi connectivity index (χ0) is 30.9. The number of aliphatic hydroxyl groups excluding tert-OH is 1. The third-order valence-electron chi connectivity index (χ3n) is 7.24. The average Bonchev–Trinajstić information content (AvgIpc) is 3.42. The summed E-state index contributed by atoms with van der Waals surface area (Å²) in [6.07, 6.45) is 0.679. The zero-order valence-corrected chi connectivity index (χ0v) is 27.0. The predicted molar refractivity (Wildman–Crippen MR) is 175 cm³/mol. The molecule has 1 aliphatic heterocycles. The van der Waals surface area contributed by atoms with Crippen LogP contribution in [0, 0.1) is 5.82 Å². The van der Waals surface area contributed by atoms with Gasteiger partial charge in [0.05, 0.1) is 6.61 Å². The van der Waals surface area contributed by atoms with Gasteiger partial charge in [0.1, 0.15) is 11.6 Å². The van der Waals surface area contributed by atoms with Crippen molar-refractivity contribution in [3.8, 4) is 5.75 Å². The van der Waals surface area contributed by atoms with Crippen molar-refractivity contribution in [2.24, 2.45) is 4.99 Å². The van der Waals surface area contributed by atoms with Crippen molar-refractivity contribution in [3.63, 3.8) is 0 Å². The number of benzene rings is 4. The van der Waals surface area contributed by atoms with Gasteiger partial charge in [-0.3, -0.25) is 10.2 Å². The lowest BCUT2D eigenvalue weighted by Gasteiger charge is -2.31. The number of carbonyl (C=O) groups excluding carboxylic acids is 1. The van der Waals surface area contributed by atoms with E-state index >= 15 is 0 Å². The largest absolute Gasteiger partial charge is 0.494 e. The first kappa shape index (κ1) is 31.8. The molecule has 0 saturated heterocycles. The van der Waals surface area contributed by atoms with Gasteiger partial charge in [0.15, 0.2) is 11.6 Å². The van der Waals surface area contributed by atoms with Crippen LogP contribution < -0.4 is 15.6 Å². The van der Waals surface area contributed by atoms with Gasteiger partial charge in [-0.25, -0.2) is 14.8 Å². The van der Waals surface area contributed by atoms with E-state index in [4.69, 9.17) is 19.6 Å². The average molecular weight is 725 g/mol. The van der Waals surface area contributed by atoms with E-state index in [1.54, 1.807) is 12.1 Å². The summed E-state index contributed by atoms with van der Waals surface area (Å²) in [5.41, 5.74) is 7.95. The maximum atomic E-state index is 14.3. The number of nitrogens with one attached hydrogen (secondary N) is 2. The summed E-state index contributed by atoms with van der Waals surface area (Å²) in [7, 11) is 0. The van der Waals surface area contributed by atoms with Crippen LogP contribution in [0.4, 0.5) is 4.39 Å². The number of rotatable bonds is 13. The molecule has 0 fully saturated rings. The second-order valence-electron chi connectivity index (χ2n) is 10.4. The van der Waals surface area contributed by atoms with E-state index in [0.717, 1.165) is 25.6 Å². The fourth-order valence-electron chi connectivity index (χ4n) is 4.94. The topological polar surface area (TPSA) is 92.2 Å². The van der Waals surface area contributed by atoms with Crippen LogP contribution in [-0.4, -0.2) is 42.2 Å². The minimum absolute atomic E-state index is 0.0593. The standard InChI is InChI=1S/C34H32Br2FN3O4/c35-27-10-2-24(3-11-27)22-34(33(42)40-38-19-18-23-4-14-29(37)15-5-23)31(25-6-12-28(36)13-7-25)44-32(39-34)26-8-16-30(17-9-26)43-21-1-20-41/h2-17,31,38,41H,1,18-22H2,(H,40,42)/t31-,34-/m0/s1. The Morgan fingerprint density at radius 2 is 1.55 bits per heavy atom. The molecule has 10 heteroatoms. The van der Waals surface area contributed by atoms with Gasteiger partial charge in [0.25, 0.3) is 5.91 Å². The van der Waals surface area contributed by atoms with Gasteiger partial charge >= 0.3 is 0 Å². The maximum absolute atomic E-state index is 14.3. The summed E-state index contributed by atoms with van der Waals surface area (Å²) < 4.78 is 27.4. The number of hydrogen-bond acceptors (Lipinski definition) is 6. The van der Waals surface area contributed by atoms with E-state index in [1.165, 1.54) is 12.1 Å². The van der Waals surface area contributed by atoms with E-state index in [-0.39, 0.29) is 24.8 Å². The van der Waals surface area contributed by atoms with Crippen molar-refractivity contribution in [2.45, 2.75) is 30.9 Å². The molecule has 0 aromatic heterocycles. The van der Waals surface area contributed by atoms with Crippen LogP contribution in [0.25, 0.3) is 0 Å². The Morgan fingerprint density at radius 1 is 0.909 bits per heavy atom. The predicted octanol–water partition coefficient (Wildman–Crippen LogP) is 6.48. The highest BCUT2D eigenvalue weighted by molar-refractivity contribution is 9.10. The molecule has 1 amide bonds. The summed E-state index contributed by atoms with van der Waals surface area (Å²) >= 11 is 7.00. The van der Waals surface area contributed by atoms with Crippen LogP contribution in [-0.2, 0) is 22.4 Å². The summed E-state index contributed by atoms with van der Waals surface area (Å²) in [5.74, 6) is 0.377. The lowest BCUT2D eigenvalue weighted by Crippen LogP contribution is -2.54. The third-order valence-corrected chi connectivity index (χ3v) is 8.30. The lowest BCUT2D eigenvalue weighted by molar-refractivity contribution is -0.130. The van der Waals surface area contributed by atoms with Crippen LogP contribution in [0.2, 0.25) is 0 Å². The van der Waals surface area contributed by atoms with Crippen molar-refractivity contribution in [1.82, 2.24) is 10.9 Å². The molecule has 0 unspecified atom stereocenters. The van der Waals surface area contributed by atoms with Crippen molar-refractivity contribution >= 4 is 43.7 Å². The van der Waals surface area contributed by atoms with Gasteiger partial charge in [0, 0.05) is 40.5 Å². The monoisotopic (exact) mass is 723 g/mol. The summed E-state index contributed by atoms with van der Waals surface area (Å²) in [6.45, 7) is 0.900. The summed E-state index contributed by atoms with van der Waals surface area (Å²) in [6, 6.07) is 29.1. The molecule has 0 saturated carbocycles. The van der Waals surface area contributed by atoms with Crippen LogP contribution in [0.15, 0.2) is 111 Å². The first-order valence-electron chi connectivity index (χ1n) is 14.2. The molecule has 7 nitrogen and oxygen atoms in total. The van der Waals surface area contributed by atoms with Gasteiger partial charge in [-0.15, -0.1) is 0 Å². The number of carbonyl (C=O) groups is 1. The zero-order valence-electron chi connectivity index (χ0n) is 23.8. The van der Waals surface area contributed by atoms with E-state index in [9.17, 15) is 9.18 Å². The molecule has 0 aliphatic carbocycles. The molecule has 0 bridgehead atoms. The number of nitrogens with zero attached hydrogens (tertiary/aromatic N) is 1. The Bertz CT molecular complexity index is 1570. The highest BCUT2D eigenvalue weighted by atomic mass is 79.9. The molecule has 5 rings (SSSR count). The van der Waals surface area contributed by atoms with Crippen LogP contribution in [0.1, 0.15) is 34.8 Å². The number of aliphatic imine (C=N–C) groups is 1. The minimum Gasteiger partial charge on any atom is -0.494 e. The van der Waals surface area contributed by atoms with Crippen molar-refractivity contribution in [1.29, 1.82) is 0 Å². The molecule has 4 aromatic rings. The molecular formula is C34H32Br2FN3O4. The smallest absolute Gasteiger partial charge is 0.266 e. The van der Waals surface area contributed by atoms with Gasteiger partial charge in [-0.1, -0.05) is 68.3 Å². The van der Waals surface area contributed by atoms with Crippen molar-refractivity contribution in [3.05, 3.63) is 134 Å². The number of hydrazine groups is 1. The van der Waals surface area contributed by atoms with Gasteiger partial charge < -0.3 is 14.6 Å². The molecular weight excluding hydrogens is 693 g/mol. The Balaban J connectivity index is 1.46. The molecule has 1 aliphatic rings. The van der Waals surface area contributed by atoms with Gasteiger partial charge in [-0.05, 0) is 83.8 Å². The lowest BCUT2D eigenvalue weighted by atomic mass is 9.82. The van der Waals surface area contributed by atoms with E-state index in [0.29, 0.717) is 43.2 Å². The maximum Gasteiger partial charge on any atom is 0.266 e. The fourth-order valence-corrected chi connectivity index (χ4v) is 5.47. The second-order valence-corrected chi connectivity index (χ2v) is 12.2. The van der Waals surface area contributed by atoms with Gasteiger partial charge in [0.2, 0.25) is 5.90 Å². The molecule has 2 atom stereocenters. The van der Waals surface area contributed by atoms with Crippen LogP contribution in [0.3, 0.4) is 0 Å². The quantitative estimate of drug-likeness (QED) is 0.109.